The molecule has 8 heteroatoms. The number of amides is 1. The van der Waals surface area contributed by atoms with Gasteiger partial charge in [-0.2, -0.15) is 0 Å². The zero-order valence-corrected chi connectivity index (χ0v) is 14.9. The summed E-state index contributed by atoms with van der Waals surface area (Å²) in [6.07, 6.45) is 6.82. The first-order chi connectivity index (χ1) is 13.0. The standard InChI is InChI=1S/C19H21NO7/c1-25-14-5-3-12-8-15(18(23)27-17(12)10-14)20-19(24)26-7-6-11-2-4-13(21)9-16(11)22/h3,5,8,10-12,17H,2,4,6-7,9H2,1H3,(H,20,24). The van der Waals surface area contributed by atoms with Crippen molar-refractivity contribution in [2.75, 3.05) is 13.7 Å². The monoisotopic (exact) mass is 375 g/mol. The molecule has 144 valence electrons. The maximum atomic E-state index is 12.0. The van der Waals surface area contributed by atoms with Gasteiger partial charge in [0.15, 0.2) is 0 Å². The molecule has 3 unspecified atom stereocenters. The summed E-state index contributed by atoms with van der Waals surface area (Å²) in [5.41, 5.74) is 0.0134. The van der Waals surface area contributed by atoms with Crippen LogP contribution in [0.5, 0.6) is 0 Å². The maximum Gasteiger partial charge on any atom is 0.411 e. The molecule has 1 amide bonds. The smallest absolute Gasteiger partial charge is 0.411 e. The van der Waals surface area contributed by atoms with Crippen LogP contribution in [0.25, 0.3) is 0 Å². The first kappa shape index (κ1) is 18.9. The molecule has 3 rings (SSSR count). The van der Waals surface area contributed by atoms with Gasteiger partial charge in [0.05, 0.1) is 20.1 Å². The molecule has 0 radical (unpaired) electrons. The lowest BCUT2D eigenvalue weighted by molar-refractivity contribution is -0.145. The van der Waals surface area contributed by atoms with Crippen LogP contribution in [0.2, 0.25) is 0 Å². The number of rotatable bonds is 5. The van der Waals surface area contributed by atoms with Crippen molar-refractivity contribution in [2.45, 2.75) is 31.8 Å². The topological polar surface area (TPSA) is 108 Å². The van der Waals surface area contributed by atoms with Gasteiger partial charge in [-0.15, -0.1) is 0 Å². The molecule has 2 aliphatic carbocycles. The molecule has 1 fully saturated rings. The lowest BCUT2D eigenvalue weighted by Crippen LogP contribution is -2.38. The normalized spacial score (nSPS) is 27.1. The Morgan fingerprint density at radius 1 is 1.30 bits per heavy atom. The number of Topliss-reactive ketones (excluding diaryl/α,β-unsaturated/α-hetero) is 2. The van der Waals surface area contributed by atoms with Gasteiger partial charge in [-0.05, 0) is 31.1 Å². The summed E-state index contributed by atoms with van der Waals surface area (Å²) in [4.78, 5) is 46.9. The van der Waals surface area contributed by atoms with Gasteiger partial charge in [-0.25, -0.2) is 9.59 Å². The Balaban J connectivity index is 1.48. The van der Waals surface area contributed by atoms with Crippen LogP contribution in [-0.4, -0.2) is 43.4 Å². The van der Waals surface area contributed by atoms with Crippen LogP contribution in [0.15, 0.2) is 35.8 Å². The molecule has 1 saturated carbocycles. The summed E-state index contributed by atoms with van der Waals surface area (Å²) in [6, 6.07) is 0. The first-order valence-electron chi connectivity index (χ1n) is 8.81. The minimum atomic E-state index is -0.788. The van der Waals surface area contributed by atoms with E-state index in [0.717, 1.165) is 0 Å². The van der Waals surface area contributed by atoms with Crippen molar-refractivity contribution in [2.24, 2.45) is 11.8 Å². The van der Waals surface area contributed by atoms with Crippen LogP contribution in [0.3, 0.4) is 0 Å². The molecule has 0 bridgehead atoms. The van der Waals surface area contributed by atoms with Gasteiger partial charge in [0.1, 0.15) is 29.1 Å². The van der Waals surface area contributed by atoms with Crippen molar-refractivity contribution in [3.63, 3.8) is 0 Å². The van der Waals surface area contributed by atoms with E-state index >= 15 is 0 Å². The van der Waals surface area contributed by atoms with Crippen LogP contribution >= 0.6 is 0 Å². The third-order valence-electron chi connectivity index (χ3n) is 4.78. The quantitative estimate of drug-likeness (QED) is 0.574. The maximum absolute atomic E-state index is 12.0. The van der Waals surface area contributed by atoms with E-state index in [0.29, 0.717) is 25.0 Å². The Morgan fingerprint density at radius 3 is 2.85 bits per heavy atom. The van der Waals surface area contributed by atoms with E-state index in [1.807, 2.05) is 6.08 Å². The van der Waals surface area contributed by atoms with Crippen molar-refractivity contribution < 1.29 is 33.4 Å². The Kier molecular flexibility index (Phi) is 5.73. The van der Waals surface area contributed by atoms with Gasteiger partial charge >= 0.3 is 12.1 Å². The second kappa shape index (κ2) is 8.20. The Hall–Kier alpha value is -2.90. The number of ether oxygens (including phenoxy) is 3. The predicted molar refractivity (Wildman–Crippen MR) is 92.1 cm³/mol. The number of methoxy groups -OCH3 is 1. The van der Waals surface area contributed by atoms with Crippen molar-refractivity contribution in [3.8, 4) is 0 Å². The molecule has 8 nitrogen and oxygen atoms in total. The highest BCUT2D eigenvalue weighted by molar-refractivity contribution is 6.02. The van der Waals surface area contributed by atoms with Gasteiger partial charge in [0, 0.05) is 18.3 Å². The van der Waals surface area contributed by atoms with Crippen LogP contribution in [-0.2, 0) is 28.6 Å². The molecule has 0 spiro atoms. The lowest BCUT2D eigenvalue weighted by Gasteiger charge is -2.28. The van der Waals surface area contributed by atoms with Gasteiger partial charge in [0.2, 0.25) is 0 Å². The third kappa shape index (κ3) is 4.64. The minimum Gasteiger partial charge on any atom is -0.497 e. The number of esters is 1. The fourth-order valence-corrected chi connectivity index (χ4v) is 3.25. The molecule has 1 aliphatic heterocycles. The molecule has 1 N–H and O–H groups in total. The number of alkyl carbamates (subject to hydrolysis) is 1. The molecule has 3 aliphatic rings. The molecule has 1 heterocycles. The fraction of sp³-hybridized carbons (Fsp3) is 0.474. The highest BCUT2D eigenvalue weighted by Gasteiger charge is 2.32. The second-order valence-corrected chi connectivity index (χ2v) is 6.63. The summed E-state index contributed by atoms with van der Waals surface area (Å²) < 4.78 is 15.5. The molecule has 0 saturated heterocycles. The van der Waals surface area contributed by atoms with E-state index in [9.17, 15) is 19.2 Å². The Labute approximate surface area is 156 Å². The number of fused-ring (bicyclic) bond motifs is 1. The van der Waals surface area contributed by atoms with Crippen LogP contribution in [0, 0.1) is 11.8 Å². The van der Waals surface area contributed by atoms with Crippen LogP contribution < -0.4 is 5.32 Å². The molecular weight excluding hydrogens is 354 g/mol. The molecule has 3 atom stereocenters. The zero-order chi connectivity index (χ0) is 19.4. The highest BCUT2D eigenvalue weighted by atomic mass is 16.6. The number of hydrogen-bond donors (Lipinski definition) is 1. The zero-order valence-electron chi connectivity index (χ0n) is 14.9. The summed E-state index contributed by atoms with van der Waals surface area (Å²) >= 11 is 0. The van der Waals surface area contributed by atoms with Crippen molar-refractivity contribution in [3.05, 3.63) is 35.8 Å². The number of nitrogens with one attached hydrogen (secondary N) is 1. The molecule has 0 aromatic heterocycles. The van der Waals surface area contributed by atoms with E-state index in [1.54, 1.807) is 18.2 Å². The highest BCUT2D eigenvalue weighted by Crippen LogP contribution is 2.27. The van der Waals surface area contributed by atoms with E-state index in [-0.39, 0.29) is 42.1 Å². The van der Waals surface area contributed by atoms with E-state index in [4.69, 9.17) is 14.2 Å². The second-order valence-electron chi connectivity index (χ2n) is 6.63. The van der Waals surface area contributed by atoms with Crippen molar-refractivity contribution in [1.29, 1.82) is 0 Å². The van der Waals surface area contributed by atoms with Crippen molar-refractivity contribution >= 4 is 23.6 Å². The van der Waals surface area contributed by atoms with E-state index < -0.39 is 18.2 Å². The SMILES string of the molecule is COC1=CC2OC(=O)C(NC(=O)OCCC3CCC(=O)CC3=O)=CC2C=C1. The number of hydrogen-bond acceptors (Lipinski definition) is 7. The summed E-state index contributed by atoms with van der Waals surface area (Å²) in [6.45, 7) is 0.0324. The van der Waals surface area contributed by atoms with E-state index in [1.165, 1.54) is 7.11 Å². The molecular formula is C19H21NO7. The van der Waals surface area contributed by atoms with Crippen LogP contribution in [0.4, 0.5) is 4.79 Å². The number of carbonyl (C=O) groups excluding carboxylic acids is 4. The van der Waals surface area contributed by atoms with Gasteiger partial charge < -0.3 is 14.2 Å². The van der Waals surface area contributed by atoms with Crippen LogP contribution in [0.1, 0.15) is 25.7 Å². The van der Waals surface area contributed by atoms with Gasteiger partial charge in [0.25, 0.3) is 0 Å². The van der Waals surface area contributed by atoms with Gasteiger partial charge in [-0.1, -0.05) is 6.08 Å². The summed E-state index contributed by atoms with van der Waals surface area (Å²) in [5.74, 6) is -0.658. The number of allylic oxidation sites excluding steroid dienone is 1. The predicted octanol–water partition coefficient (Wildman–Crippen LogP) is 1.57. The summed E-state index contributed by atoms with van der Waals surface area (Å²) in [7, 11) is 1.53. The largest absolute Gasteiger partial charge is 0.497 e. The minimum absolute atomic E-state index is 0.0134. The van der Waals surface area contributed by atoms with Gasteiger partial charge in [-0.3, -0.25) is 14.9 Å². The van der Waals surface area contributed by atoms with E-state index in [2.05, 4.69) is 5.32 Å². The van der Waals surface area contributed by atoms with Crippen molar-refractivity contribution in [1.82, 2.24) is 5.32 Å². The number of carbonyl (C=O) groups is 4. The first-order valence-corrected chi connectivity index (χ1v) is 8.81. The summed E-state index contributed by atoms with van der Waals surface area (Å²) in [5, 5.41) is 2.38. The molecule has 27 heavy (non-hydrogen) atoms. The lowest BCUT2D eigenvalue weighted by atomic mass is 9.85. The Bertz CT molecular complexity index is 749. The molecule has 0 aromatic carbocycles. The number of ketones is 2. The fourth-order valence-electron chi connectivity index (χ4n) is 3.25. The average molecular weight is 375 g/mol. The average Bonchev–Trinajstić information content (AvgIpc) is 2.63. The Morgan fingerprint density at radius 2 is 2.11 bits per heavy atom. The third-order valence-corrected chi connectivity index (χ3v) is 4.78. The molecule has 0 aromatic rings.